The van der Waals surface area contributed by atoms with Crippen molar-refractivity contribution >= 4 is 35.0 Å². The lowest BCUT2D eigenvalue weighted by Gasteiger charge is -2.07. The molecule has 5 nitrogen and oxygen atoms in total. The minimum atomic E-state index is -1.04. The highest BCUT2D eigenvalue weighted by Gasteiger charge is 2.18. The molecule has 0 aliphatic heterocycles. The van der Waals surface area contributed by atoms with Gasteiger partial charge in [-0.2, -0.15) is 0 Å². The highest BCUT2D eigenvalue weighted by Crippen LogP contribution is 2.40. The first kappa shape index (κ1) is 15.3. The molecule has 0 aliphatic rings. The molecule has 0 saturated carbocycles. The monoisotopic (exact) mass is 323 g/mol. The molecule has 0 aliphatic carbocycles. The molecule has 2 rings (SSSR count). The number of hydrogen-bond donors (Lipinski definition) is 1. The second-order valence-electron chi connectivity index (χ2n) is 4.23. The van der Waals surface area contributed by atoms with E-state index in [0.717, 1.165) is 11.8 Å². The molecule has 0 atom stereocenters. The summed E-state index contributed by atoms with van der Waals surface area (Å²) in [5, 5.41) is 20.4. The first-order chi connectivity index (χ1) is 9.90. The van der Waals surface area contributed by atoms with Crippen molar-refractivity contribution in [2.45, 2.75) is 16.7 Å². The molecule has 0 spiro atoms. The molecule has 108 valence electrons. The summed E-state index contributed by atoms with van der Waals surface area (Å²) in [6.45, 7) is 1.69. The van der Waals surface area contributed by atoms with Gasteiger partial charge in [-0.05, 0) is 30.7 Å². The van der Waals surface area contributed by atoms with E-state index in [0.29, 0.717) is 15.4 Å². The predicted octanol–water partition coefficient (Wildman–Crippen LogP) is 4.41. The van der Waals surface area contributed by atoms with E-state index in [4.69, 9.17) is 16.7 Å². The van der Waals surface area contributed by atoms with Crippen molar-refractivity contribution in [1.82, 2.24) is 0 Å². The Kier molecular flexibility index (Phi) is 4.50. The number of nitro benzene ring substituents is 1. The van der Waals surface area contributed by atoms with E-state index in [1.807, 2.05) is 0 Å². The minimum Gasteiger partial charge on any atom is -0.478 e. The van der Waals surface area contributed by atoms with Gasteiger partial charge in [-0.3, -0.25) is 10.1 Å². The Morgan fingerprint density at radius 3 is 2.67 bits per heavy atom. The van der Waals surface area contributed by atoms with Gasteiger partial charge in [0.15, 0.2) is 0 Å². The third kappa shape index (κ3) is 3.34. The maximum atomic E-state index is 11.1. The molecule has 0 bridgehead atoms. The number of rotatable bonds is 4. The molecule has 0 unspecified atom stereocenters. The molecule has 7 heteroatoms. The summed E-state index contributed by atoms with van der Waals surface area (Å²) in [7, 11) is 0. The number of aromatic carboxylic acids is 1. The Morgan fingerprint density at radius 2 is 2.05 bits per heavy atom. The third-order valence-corrected chi connectivity index (χ3v) is 4.35. The second-order valence-corrected chi connectivity index (χ2v) is 5.72. The minimum absolute atomic E-state index is 0.107. The molecule has 0 heterocycles. The number of carboxylic acids is 1. The fourth-order valence-corrected chi connectivity index (χ4v) is 3.00. The molecule has 0 fully saturated rings. The third-order valence-electron chi connectivity index (χ3n) is 2.80. The number of benzene rings is 2. The molecule has 0 saturated heterocycles. The largest absolute Gasteiger partial charge is 0.478 e. The number of nitro groups is 1. The van der Waals surface area contributed by atoms with Gasteiger partial charge in [0.2, 0.25) is 0 Å². The van der Waals surface area contributed by atoms with Crippen molar-refractivity contribution in [2.24, 2.45) is 0 Å². The maximum absolute atomic E-state index is 11.1. The lowest BCUT2D eigenvalue weighted by molar-refractivity contribution is -0.387. The fourth-order valence-electron chi connectivity index (χ4n) is 1.76. The highest BCUT2D eigenvalue weighted by atomic mass is 35.5. The average molecular weight is 324 g/mol. The van der Waals surface area contributed by atoms with Crippen LogP contribution in [0.15, 0.2) is 46.2 Å². The van der Waals surface area contributed by atoms with Crippen molar-refractivity contribution in [3.8, 4) is 0 Å². The zero-order valence-corrected chi connectivity index (χ0v) is 12.4. The number of carboxylic acid groups (broad SMARTS) is 1. The Hall–Kier alpha value is -2.05. The predicted molar refractivity (Wildman–Crippen MR) is 80.4 cm³/mol. The Morgan fingerprint density at radius 1 is 1.33 bits per heavy atom. The summed E-state index contributed by atoms with van der Waals surface area (Å²) in [6, 6.07) is 9.27. The van der Waals surface area contributed by atoms with E-state index in [-0.39, 0.29) is 16.3 Å². The molecular formula is C14H10ClNO4S. The SMILES string of the molecule is Cc1ccc(Sc2c(Cl)cccc2[N+](=O)[O-])cc1C(=O)O. The number of halogens is 1. The van der Waals surface area contributed by atoms with Gasteiger partial charge in [0, 0.05) is 11.0 Å². The van der Waals surface area contributed by atoms with Crippen LogP contribution in [0.25, 0.3) is 0 Å². The molecule has 1 N–H and O–H groups in total. The van der Waals surface area contributed by atoms with Crippen molar-refractivity contribution < 1.29 is 14.8 Å². The van der Waals surface area contributed by atoms with Crippen LogP contribution in [0, 0.1) is 17.0 Å². The number of aryl methyl sites for hydroxylation is 1. The van der Waals surface area contributed by atoms with Crippen molar-refractivity contribution in [1.29, 1.82) is 0 Å². The summed E-state index contributed by atoms with van der Waals surface area (Å²) in [4.78, 5) is 22.5. The number of hydrogen-bond acceptors (Lipinski definition) is 4. The normalized spacial score (nSPS) is 10.4. The molecule has 2 aromatic rings. The van der Waals surface area contributed by atoms with Gasteiger partial charge in [-0.15, -0.1) is 0 Å². The smallest absolute Gasteiger partial charge is 0.335 e. The van der Waals surface area contributed by atoms with Crippen LogP contribution in [0.5, 0.6) is 0 Å². The van der Waals surface area contributed by atoms with E-state index < -0.39 is 10.9 Å². The van der Waals surface area contributed by atoms with E-state index in [1.165, 1.54) is 18.2 Å². The second kappa shape index (κ2) is 6.15. The van der Waals surface area contributed by atoms with Crippen LogP contribution >= 0.6 is 23.4 Å². The van der Waals surface area contributed by atoms with E-state index in [2.05, 4.69) is 0 Å². The van der Waals surface area contributed by atoms with Crippen LogP contribution in [-0.2, 0) is 0 Å². The van der Waals surface area contributed by atoms with Crippen molar-refractivity contribution in [3.05, 3.63) is 62.7 Å². The summed E-state index contributed by atoms with van der Waals surface area (Å²) in [5.74, 6) is -1.04. The van der Waals surface area contributed by atoms with Crippen molar-refractivity contribution in [3.63, 3.8) is 0 Å². The summed E-state index contributed by atoms with van der Waals surface area (Å²) >= 11 is 7.09. The topological polar surface area (TPSA) is 80.4 Å². The van der Waals surface area contributed by atoms with Gasteiger partial charge in [-0.25, -0.2) is 4.79 Å². The van der Waals surface area contributed by atoms with Gasteiger partial charge in [0.25, 0.3) is 5.69 Å². The summed E-state index contributed by atoms with van der Waals surface area (Å²) in [6.07, 6.45) is 0. The molecule has 2 aromatic carbocycles. The lowest BCUT2D eigenvalue weighted by Crippen LogP contribution is -1.99. The molecule has 0 amide bonds. The zero-order chi connectivity index (χ0) is 15.6. The standard InChI is InChI=1S/C14H10ClNO4S/c1-8-5-6-9(7-10(8)14(17)18)21-13-11(15)3-2-4-12(13)16(19)20/h2-7H,1H3,(H,17,18). The fraction of sp³-hybridized carbons (Fsp3) is 0.0714. The van der Waals surface area contributed by atoms with Gasteiger partial charge in [-0.1, -0.05) is 35.5 Å². The van der Waals surface area contributed by atoms with E-state index in [9.17, 15) is 14.9 Å². The lowest BCUT2D eigenvalue weighted by atomic mass is 10.1. The molecule has 21 heavy (non-hydrogen) atoms. The number of carbonyl (C=O) groups is 1. The molecular weight excluding hydrogens is 314 g/mol. The van der Waals surface area contributed by atoms with Crippen LogP contribution in [0.1, 0.15) is 15.9 Å². The van der Waals surface area contributed by atoms with Gasteiger partial charge >= 0.3 is 5.97 Å². The summed E-state index contributed by atoms with van der Waals surface area (Å²) < 4.78 is 0. The number of nitrogens with zero attached hydrogens (tertiary/aromatic N) is 1. The Balaban J connectivity index is 2.46. The maximum Gasteiger partial charge on any atom is 0.335 e. The van der Waals surface area contributed by atoms with Crippen LogP contribution in [0.4, 0.5) is 5.69 Å². The molecule has 0 aromatic heterocycles. The Labute approximate surface area is 129 Å². The van der Waals surface area contributed by atoms with Gasteiger partial charge < -0.3 is 5.11 Å². The first-order valence-corrected chi connectivity index (χ1v) is 7.04. The summed E-state index contributed by atoms with van der Waals surface area (Å²) in [5.41, 5.74) is 0.681. The zero-order valence-electron chi connectivity index (χ0n) is 10.9. The van der Waals surface area contributed by atoms with Gasteiger partial charge in [0.05, 0.1) is 15.5 Å². The van der Waals surface area contributed by atoms with Crippen molar-refractivity contribution in [2.75, 3.05) is 0 Å². The van der Waals surface area contributed by atoms with Gasteiger partial charge in [0.1, 0.15) is 4.90 Å². The van der Waals surface area contributed by atoms with E-state index >= 15 is 0 Å². The van der Waals surface area contributed by atoms with E-state index in [1.54, 1.807) is 25.1 Å². The van der Waals surface area contributed by atoms with Crippen LogP contribution in [0.2, 0.25) is 5.02 Å². The van der Waals surface area contributed by atoms with Crippen LogP contribution in [0.3, 0.4) is 0 Å². The average Bonchev–Trinajstić information content (AvgIpc) is 2.42. The highest BCUT2D eigenvalue weighted by molar-refractivity contribution is 7.99. The molecule has 0 radical (unpaired) electrons. The quantitative estimate of drug-likeness (QED) is 0.666. The van der Waals surface area contributed by atoms with Crippen LogP contribution in [-0.4, -0.2) is 16.0 Å². The van der Waals surface area contributed by atoms with Crippen LogP contribution < -0.4 is 0 Å². The first-order valence-electron chi connectivity index (χ1n) is 5.85. The Bertz CT molecular complexity index is 733.